The van der Waals surface area contributed by atoms with Crippen LogP contribution >= 0.6 is 11.3 Å². The molecule has 0 unspecified atom stereocenters. The van der Waals surface area contributed by atoms with Crippen molar-refractivity contribution < 1.29 is 13.2 Å². The van der Waals surface area contributed by atoms with Crippen molar-refractivity contribution in [1.29, 1.82) is 0 Å². The lowest BCUT2D eigenvalue weighted by atomic mass is 9.99. The van der Waals surface area contributed by atoms with Gasteiger partial charge in [0.05, 0.1) is 13.1 Å². The minimum absolute atomic E-state index is 0.178. The summed E-state index contributed by atoms with van der Waals surface area (Å²) in [6.07, 6.45) is -0.209. The Morgan fingerprint density at radius 3 is 2.63 bits per heavy atom. The summed E-state index contributed by atoms with van der Waals surface area (Å²) in [5.74, 6) is 2.29. The lowest BCUT2D eigenvalue weighted by Gasteiger charge is -2.31. The van der Waals surface area contributed by atoms with Gasteiger partial charge in [0, 0.05) is 31.2 Å². The van der Waals surface area contributed by atoms with E-state index in [9.17, 15) is 13.2 Å². The fraction of sp³-hybridized carbons (Fsp3) is 0.550. The van der Waals surface area contributed by atoms with Crippen LogP contribution in [0.5, 0.6) is 0 Å². The van der Waals surface area contributed by atoms with E-state index in [0.717, 1.165) is 47.1 Å². The molecule has 0 aliphatic carbocycles. The van der Waals surface area contributed by atoms with E-state index in [2.05, 4.69) is 37.4 Å². The number of hydrogen-bond donors (Lipinski definition) is 2. The van der Waals surface area contributed by atoms with Gasteiger partial charge in [0.25, 0.3) is 0 Å². The smallest absolute Gasteiger partial charge is 0.357 e. The Hall–Kier alpha value is -2.36. The Bertz CT molecular complexity index is 826. The Labute approximate surface area is 178 Å². The summed E-state index contributed by atoms with van der Waals surface area (Å²) in [5.41, 5.74) is 0.107. The molecule has 0 aromatic carbocycles. The molecule has 2 N–H and O–H groups in total. The van der Waals surface area contributed by atoms with Crippen molar-refractivity contribution in [3.63, 3.8) is 0 Å². The van der Waals surface area contributed by atoms with Crippen LogP contribution in [0.25, 0.3) is 0 Å². The number of piperidine rings is 1. The molecular weight excluding hydrogens is 413 g/mol. The standard InChI is InChI=1S/C20H27F3N6S/c1-3-24-19(27-12-18-28-16(13-30-18)20(21,22)23)26-11-15-4-5-17(25-10-15)29-8-6-14(2)7-9-29/h4-5,10,13-14H,3,6-9,11-12H2,1-2H3,(H2,24,26,27). The third-order valence-electron chi connectivity index (χ3n) is 4.93. The van der Waals surface area contributed by atoms with Gasteiger partial charge in [-0.15, -0.1) is 11.3 Å². The second kappa shape index (κ2) is 10.1. The van der Waals surface area contributed by atoms with Crippen LogP contribution in [0.15, 0.2) is 28.7 Å². The first-order chi connectivity index (χ1) is 14.3. The van der Waals surface area contributed by atoms with E-state index in [1.165, 1.54) is 12.8 Å². The van der Waals surface area contributed by atoms with Gasteiger partial charge in [-0.1, -0.05) is 13.0 Å². The van der Waals surface area contributed by atoms with Gasteiger partial charge in [-0.3, -0.25) is 0 Å². The van der Waals surface area contributed by atoms with E-state index in [1.807, 2.05) is 25.3 Å². The maximum absolute atomic E-state index is 12.7. The molecule has 10 heteroatoms. The van der Waals surface area contributed by atoms with Crippen molar-refractivity contribution >= 4 is 23.1 Å². The Morgan fingerprint density at radius 2 is 2.03 bits per heavy atom. The number of aliphatic imine (C=N–C) groups is 1. The number of rotatable bonds is 6. The zero-order valence-electron chi connectivity index (χ0n) is 17.2. The molecule has 0 saturated carbocycles. The van der Waals surface area contributed by atoms with Gasteiger partial charge in [0.2, 0.25) is 0 Å². The highest BCUT2D eigenvalue weighted by atomic mass is 32.1. The molecule has 2 aromatic rings. The minimum atomic E-state index is -4.42. The van der Waals surface area contributed by atoms with Crippen molar-refractivity contribution in [3.05, 3.63) is 40.0 Å². The number of nitrogens with zero attached hydrogens (tertiary/aromatic N) is 4. The van der Waals surface area contributed by atoms with Gasteiger partial charge >= 0.3 is 6.18 Å². The number of thiazole rings is 1. The van der Waals surface area contributed by atoms with Crippen LogP contribution in [0.2, 0.25) is 0 Å². The second-order valence-corrected chi connectivity index (χ2v) is 8.31. The Morgan fingerprint density at radius 1 is 1.27 bits per heavy atom. The summed E-state index contributed by atoms with van der Waals surface area (Å²) in [6, 6.07) is 4.04. The molecule has 1 aliphatic heterocycles. The fourth-order valence-corrected chi connectivity index (χ4v) is 3.87. The summed E-state index contributed by atoms with van der Waals surface area (Å²) in [4.78, 5) is 15.0. The third kappa shape index (κ3) is 6.32. The quantitative estimate of drug-likeness (QED) is 0.524. The number of aromatic nitrogens is 2. The predicted octanol–water partition coefficient (Wildman–Crippen LogP) is 4.05. The Kier molecular flexibility index (Phi) is 7.52. The van der Waals surface area contributed by atoms with Crippen molar-refractivity contribution in [2.24, 2.45) is 10.9 Å². The maximum atomic E-state index is 12.7. The summed E-state index contributed by atoms with van der Waals surface area (Å²) in [6.45, 7) is 7.52. The second-order valence-electron chi connectivity index (χ2n) is 7.37. The van der Waals surface area contributed by atoms with E-state index in [-0.39, 0.29) is 6.54 Å². The summed E-state index contributed by atoms with van der Waals surface area (Å²) in [5, 5.41) is 7.50. The molecule has 1 aliphatic rings. The van der Waals surface area contributed by atoms with E-state index < -0.39 is 11.9 Å². The SMILES string of the molecule is CCNC(=NCc1ccc(N2CCC(C)CC2)nc1)NCc1nc(C(F)(F)F)cs1. The zero-order chi connectivity index (χ0) is 21.6. The number of alkyl halides is 3. The molecule has 1 fully saturated rings. The first-order valence-electron chi connectivity index (χ1n) is 10.1. The van der Waals surface area contributed by atoms with Gasteiger partial charge in [-0.05, 0) is 37.3 Å². The van der Waals surface area contributed by atoms with Crippen molar-refractivity contribution in [2.75, 3.05) is 24.5 Å². The van der Waals surface area contributed by atoms with Gasteiger partial charge in [0.1, 0.15) is 10.8 Å². The molecule has 3 heterocycles. The van der Waals surface area contributed by atoms with Crippen LogP contribution in [-0.4, -0.2) is 35.6 Å². The average Bonchev–Trinajstić information content (AvgIpc) is 3.21. The van der Waals surface area contributed by atoms with Gasteiger partial charge in [-0.25, -0.2) is 15.0 Å². The molecular formula is C20H27F3N6S. The number of hydrogen-bond acceptors (Lipinski definition) is 5. The van der Waals surface area contributed by atoms with Crippen LogP contribution < -0.4 is 15.5 Å². The molecule has 2 aromatic heterocycles. The van der Waals surface area contributed by atoms with Gasteiger partial charge in [0.15, 0.2) is 11.7 Å². The molecule has 0 radical (unpaired) electrons. The molecule has 6 nitrogen and oxygen atoms in total. The van der Waals surface area contributed by atoms with Crippen molar-refractivity contribution in [3.8, 4) is 0 Å². The fourth-order valence-electron chi connectivity index (χ4n) is 3.13. The molecule has 0 spiro atoms. The third-order valence-corrected chi connectivity index (χ3v) is 5.78. The van der Waals surface area contributed by atoms with Crippen LogP contribution in [0.4, 0.5) is 19.0 Å². The van der Waals surface area contributed by atoms with E-state index in [4.69, 9.17) is 0 Å². The number of nitrogens with one attached hydrogen (secondary N) is 2. The molecule has 164 valence electrons. The lowest BCUT2D eigenvalue weighted by Crippen LogP contribution is -2.36. The highest BCUT2D eigenvalue weighted by Gasteiger charge is 2.33. The molecule has 3 rings (SSSR count). The summed E-state index contributed by atoms with van der Waals surface area (Å²) in [7, 11) is 0. The zero-order valence-corrected chi connectivity index (χ0v) is 18.0. The topological polar surface area (TPSA) is 65.4 Å². The number of guanidine groups is 1. The predicted molar refractivity (Wildman–Crippen MR) is 114 cm³/mol. The summed E-state index contributed by atoms with van der Waals surface area (Å²) < 4.78 is 38.0. The molecule has 0 amide bonds. The monoisotopic (exact) mass is 440 g/mol. The molecule has 30 heavy (non-hydrogen) atoms. The first kappa shape index (κ1) is 22.3. The van der Waals surface area contributed by atoms with E-state index in [1.54, 1.807) is 0 Å². The molecule has 1 saturated heterocycles. The van der Waals surface area contributed by atoms with E-state index >= 15 is 0 Å². The Balaban J connectivity index is 1.55. The van der Waals surface area contributed by atoms with Gasteiger partial charge in [-0.2, -0.15) is 13.2 Å². The largest absolute Gasteiger partial charge is 0.434 e. The molecule has 0 atom stereocenters. The first-order valence-corrected chi connectivity index (χ1v) is 11.0. The molecule has 0 bridgehead atoms. The van der Waals surface area contributed by atoms with Crippen LogP contribution in [0.3, 0.4) is 0 Å². The van der Waals surface area contributed by atoms with Crippen LogP contribution in [0.1, 0.15) is 43.0 Å². The lowest BCUT2D eigenvalue weighted by molar-refractivity contribution is -0.140. The highest BCUT2D eigenvalue weighted by Crippen LogP contribution is 2.29. The van der Waals surface area contributed by atoms with Crippen molar-refractivity contribution in [2.45, 2.75) is 46.0 Å². The number of pyridine rings is 1. The number of halogens is 3. The minimum Gasteiger partial charge on any atom is -0.357 e. The summed E-state index contributed by atoms with van der Waals surface area (Å²) >= 11 is 0.975. The number of anilines is 1. The van der Waals surface area contributed by atoms with Crippen LogP contribution in [-0.2, 0) is 19.3 Å². The highest BCUT2D eigenvalue weighted by molar-refractivity contribution is 7.09. The van der Waals surface area contributed by atoms with Crippen molar-refractivity contribution in [1.82, 2.24) is 20.6 Å². The normalized spacial score (nSPS) is 16.0. The van der Waals surface area contributed by atoms with E-state index in [0.29, 0.717) is 24.1 Å². The maximum Gasteiger partial charge on any atom is 0.434 e. The van der Waals surface area contributed by atoms with Crippen LogP contribution in [0, 0.1) is 5.92 Å². The van der Waals surface area contributed by atoms with Gasteiger partial charge < -0.3 is 15.5 Å². The average molecular weight is 441 g/mol.